The largest absolute Gasteiger partial charge is 0.490 e. The van der Waals surface area contributed by atoms with Crippen LogP contribution in [-0.2, 0) is 11.3 Å². The van der Waals surface area contributed by atoms with E-state index in [1.165, 1.54) is 18.5 Å². The number of rotatable bonds is 6. The van der Waals surface area contributed by atoms with E-state index in [1.807, 2.05) is 31.2 Å². The van der Waals surface area contributed by atoms with Gasteiger partial charge >= 0.3 is 0 Å². The molecule has 2 aromatic carbocycles. The molecule has 2 heterocycles. The highest BCUT2D eigenvalue weighted by molar-refractivity contribution is 5.84. The minimum Gasteiger partial charge on any atom is -0.490 e. The molecule has 1 atom stereocenters. The summed E-state index contributed by atoms with van der Waals surface area (Å²) >= 11 is 0. The van der Waals surface area contributed by atoms with E-state index in [2.05, 4.69) is 10.3 Å². The van der Waals surface area contributed by atoms with Gasteiger partial charge in [0.1, 0.15) is 18.1 Å². The Morgan fingerprint density at radius 2 is 2.13 bits per heavy atom. The van der Waals surface area contributed by atoms with Crippen molar-refractivity contribution in [2.75, 3.05) is 6.61 Å². The van der Waals surface area contributed by atoms with E-state index >= 15 is 0 Å². The molecule has 154 valence electrons. The van der Waals surface area contributed by atoms with Crippen molar-refractivity contribution >= 4 is 27.8 Å². The number of carbonyl (C=O) groups is 1. The lowest BCUT2D eigenvalue weighted by molar-refractivity contribution is -0.122. The normalized spacial score (nSPS) is 12.2. The maximum Gasteiger partial charge on any atom is 0.261 e. The van der Waals surface area contributed by atoms with Gasteiger partial charge in [-0.1, -0.05) is 12.1 Å². The van der Waals surface area contributed by atoms with Crippen molar-refractivity contribution in [1.82, 2.24) is 14.9 Å². The van der Waals surface area contributed by atoms with Crippen LogP contribution in [0.4, 0.5) is 4.39 Å². The number of para-hydroxylation sites is 1. The van der Waals surface area contributed by atoms with Crippen molar-refractivity contribution in [2.24, 2.45) is 0 Å². The molecule has 0 saturated heterocycles. The van der Waals surface area contributed by atoms with Crippen molar-refractivity contribution < 1.29 is 18.3 Å². The summed E-state index contributed by atoms with van der Waals surface area (Å²) in [4.78, 5) is 29.1. The predicted octanol–water partition coefficient (Wildman–Crippen LogP) is 3.56. The van der Waals surface area contributed by atoms with E-state index in [0.29, 0.717) is 29.2 Å². The molecule has 0 aliphatic rings. The zero-order chi connectivity index (χ0) is 21.3. The average Bonchev–Trinajstić information content (AvgIpc) is 3.16. The number of benzene rings is 2. The number of nitrogens with one attached hydrogen (secondary N) is 1. The van der Waals surface area contributed by atoms with Crippen molar-refractivity contribution in [3.05, 3.63) is 70.7 Å². The van der Waals surface area contributed by atoms with Crippen molar-refractivity contribution in [3.63, 3.8) is 0 Å². The SMILES string of the molecule is CCOc1cccc2cc(C(C)NC(=O)Cn3cnc4ccc(F)cc4c3=O)oc12. The fourth-order valence-electron chi connectivity index (χ4n) is 3.30. The smallest absolute Gasteiger partial charge is 0.261 e. The summed E-state index contributed by atoms with van der Waals surface area (Å²) in [5, 5.41) is 3.80. The van der Waals surface area contributed by atoms with Gasteiger partial charge in [-0.25, -0.2) is 9.37 Å². The summed E-state index contributed by atoms with van der Waals surface area (Å²) in [6.45, 7) is 3.95. The van der Waals surface area contributed by atoms with Gasteiger partial charge in [0.2, 0.25) is 5.91 Å². The summed E-state index contributed by atoms with van der Waals surface area (Å²) in [5.74, 6) is 0.276. The number of hydrogen-bond donors (Lipinski definition) is 1. The molecular weight excluding hydrogens is 389 g/mol. The third-order valence-electron chi connectivity index (χ3n) is 4.73. The molecule has 1 N–H and O–H groups in total. The molecule has 0 spiro atoms. The lowest BCUT2D eigenvalue weighted by atomic mass is 10.2. The Bertz CT molecular complexity index is 1290. The van der Waals surface area contributed by atoms with E-state index in [9.17, 15) is 14.0 Å². The summed E-state index contributed by atoms with van der Waals surface area (Å²) in [7, 11) is 0. The monoisotopic (exact) mass is 409 g/mol. The molecule has 2 aromatic heterocycles. The van der Waals surface area contributed by atoms with Gasteiger partial charge < -0.3 is 14.5 Å². The fourth-order valence-corrected chi connectivity index (χ4v) is 3.30. The molecule has 30 heavy (non-hydrogen) atoms. The Morgan fingerprint density at radius 1 is 1.30 bits per heavy atom. The molecule has 0 fully saturated rings. The second-order valence-corrected chi connectivity index (χ2v) is 6.88. The van der Waals surface area contributed by atoms with Gasteiger partial charge in [0.15, 0.2) is 11.3 Å². The van der Waals surface area contributed by atoms with Gasteiger partial charge in [-0.15, -0.1) is 0 Å². The second-order valence-electron chi connectivity index (χ2n) is 6.88. The first-order valence-corrected chi connectivity index (χ1v) is 9.55. The van der Waals surface area contributed by atoms with Crippen LogP contribution in [0.25, 0.3) is 21.9 Å². The molecular formula is C22H20FN3O4. The van der Waals surface area contributed by atoms with Gasteiger partial charge in [0, 0.05) is 5.39 Å². The van der Waals surface area contributed by atoms with Crippen LogP contribution in [0.15, 0.2) is 58.0 Å². The van der Waals surface area contributed by atoms with Crippen LogP contribution < -0.4 is 15.6 Å². The van der Waals surface area contributed by atoms with Crippen molar-refractivity contribution in [3.8, 4) is 5.75 Å². The number of ether oxygens (including phenoxy) is 1. The lowest BCUT2D eigenvalue weighted by Gasteiger charge is -2.12. The van der Waals surface area contributed by atoms with E-state index in [0.717, 1.165) is 16.0 Å². The van der Waals surface area contributed by atoms with Crippen LogP contribution >= 0.6 is 0 Å². The zero-order valence-electron chi connectivity index (χ0n) is 16.5. The molecule has 0 aliphatic heterocycles. The van der Waals surface area contributed by atoms with E-state index < -0.39 is 23.3 Å². The summed E-state index contributed by atoms with van der Waals surface area (Å²) < 4.78 is 26.1. The first-order valence-electron chi connectivity index (χ1n) is 9.55. The number of furan rings is 1. The van der Waals surface area contributed by atoms with Gasteiger partial charge in [0.05, 0.1) is 29.9 Å². The molecule has 0 aliphatic carbocycles. The van der Waals surface area contributed by atoms with Gasteiger partial charge in [-0.05, 0) is 44.2 Å². The maximum atomic E-state index is 13.5. The van der Waals surface area contributed by atoms with Crippen LogP contribution in [0.3, 0.4) is 0 Å². The molecule has 4 rings (SSSR count). The topological polar surface area (TPSA) is 86.4 Å². The Hall–Kier alpha value is -3.68. The number of hydrogen-bond acceptors (Lipinski definition) is 5. The number of fused-ring (bicyclic) bond motifs is 2. The zero-order valence-corrected chi connectivity index (χ0v) is 16.5. The van der Waals surface area contributed by atoms with Gasteiger partial charge in [-0.3, -0.25) is 14.2 Å². The molecule has 8 heteroatoms. The number of amides is 1. The predicted molar refractivity (Wildman–Crippen MR) is 110 cm³/mol. The molecule has 4 aromatic rings. The van der Waals surface area contributed by atoms with E-state index in [1.54, 1.807) is 6.92 Å². The molecule has 7 nitrogen and oxygen atoms in total. The first-order chi connectivity index (χ1) is 14.5. The number of aromatic nitrogens is 2. The molecule has 0 radical (unpaired) electrons. The Labute approximate surface area is 171 Å². The molecule has 1 amide bonds. The van der Waals surface area contributed by atoms with E-state index in [-0.39, 0.29) is 11.9 Å². The van der Waals surface area contributed by atoms with Crippen LogP contribution in [0.1, 0.15) is 25.6 Å². The molecule has 0 saturated carbocycles. The van der Waals surface area contributed by atoms with Crippen LogP contribution in [0, 0.1) is 5.82 Å². The summed E-state index contributed by atoms with van der Waals surface area (Å²) in [6.07, 6.45) is 1.28. The summed E-state index contributed by atoms with van der Waals surface area (Å²) in [5.41, 5.74) is 0.513. The van der Waals surface area contributed by atoms with Crippen LogP contribution in [-0.4, -0.2) is 22.1 Å². The first kappa shape index (κ1) is 19.6. The minimum atomic E-state index is -0.534. The number of nitrogens with zero attached hydrogens (tertiary/aromatic N) is 2. The highest BCUT2D eigenvalue weighted by Crippen LogP contribution is 2.31. The fraction of sp³-hybridized carbons (Fsp3) is 0.227. The third kappa shape index (κ3) is 3.76. The Kier molecular flexibility index (Phi) is 5.22. The van der Waals surface area contributed by atoms with Crippen molar-refractivity contribution in [1.29, 1.82) is 0 Å². The number of halogens is 1. The highest BCUT2D eigenvalue weighted by Gasteiger charge is 2.17. The quantitative estimate of drug-likeness (QED) is 0.526. The molecule has 0 bridgehead atoms. The Balaban J connectivity index is 1.52. The van der Waals surface area contributed by atoms with E-state index in [4.69, 9.17) is 9.15 Å². The van der Waals surface area contributed by atoms with Crippen molar-refractivity contribution in [2.45, 2.75) is 26.4 Å². The van der Waals surface area contributed by atoms with Gasteiger partial charge in [-0.2, -0.15) is 0 Å². The summed E-state index contributed by atoms with van der Waals surface area (Å²) in [6, 6.07) is 10.8. The highest BCUT2D eigenvalue weighted by atomic mass is 19.1. The maximum absolute atomic E-state index is 13.5. The third-order valence-corrected chi connectivity index (χ3v) is 4.73. The van der Waals surface area contributed by atoms with Gasteiger partial charge in [0.25, 0.3) is 5.56 Å². The van der Waals surface area contributed by atoms with Crippen LogP contribution in [0.5, 0.6) is 5.75 Å². The van der Waals surface area contributed by atoms with Crippen LogP contribution in [0.2, 0.25) is 0 Å². The lowest BCUT2D eigenvalue weighted by Crippen LogP contribution is -2.33. The molecule has 1 unspecified atom stereocenters. The minimum absolute atomic E-state index is 0.124. The second kappa shape index (κ2) is 7.98. The standard InChI is InChI=1S/C22H20FN3O4/c1-3-29-18-6-4-5-14-9-19(30-21(14)18)13(2)25-20(27)11-26-12-24-17-8-7-15(23)10-16(17)22(26)28/h4-10,12-13H,3,11H2,1-2H3,(H,25,27). The average molecular weight is 409 g/mol. The number of carbonyl (C=O) groups excluding carboxylic acids is 1. The Morgan fingerprint density at radius 3 is 2.93 bits per heavy atom.